The Balaban J connectivity index is 3.25. The van der Waals surface area contributed by atoms with E-state index in [1.165, 1.54) is 0 Å². The van der Waals surface area contributed by atoms with Crippen LogP contribution in [0.5, 0.6) is 0 Å². The molecular formula is C9H16BrNO2. The van der Waals surface area contributed by atoms with E-state index in [2.05, 4.69) is 34.7 Å². The Morgan fingerprint density at radius 1 is 1.54 bits per heavy atom. The summed E-state index contributed by atoms with van der Waals surface area (Å²) in [7, 11) is 0. The van der Waals surface area contributed by atoms with Gasteiger partial charge >= 0.3 is 5.97 Å². The summed E-state index contributed by atoms with van der Waals surface area (Å²) >= 11 is 3.18. The fourth-order valence-electron chi connectivity index (χ4n) is 0.682. The van der Waals surface area contributed by atoms with Crippen molar-refractivity contribution in [3.8, 4) is 0 Å². The van der Waals surface area contributed by atoms with Crippen molar-refractivity contribution >= 4 is 21.9 Å². The zero-order valence-electron chi connectivity index (χ0n) is 7.94. The molecule has 0 aliphatic rings. The molecule has 0 bridgehead atoms. The summed E-state index contributed by atoms with van der Waals surface area (Å²) in [5.41, 5.74) is 0. The first-order valence-corrected chi connectivity index (χ1v) is 5.15. The summed E-state index contributed by atoms with van der Waals surface area (Å²) in [5.74, 6) is -0.206. The summed E-state index contributed by atoms with van der Waals surface area (Å²) in [6, 6.07) is 0. The van der Waals surface area contributed by atoms with Gasteiger partial charge in [-0.05, 0) is 6.42 Å². The molecule has 0 aliphatic heterocycles. The molecule has 0 amide bonds. The SMILES string of the molecule is C=C(Br)CNCC(=O)OCCCC. The van der Waals surface area contributed by atoms with Gasteiger partial charge in [0.05, 0.1) is 13.2 Å². The highest BCUT2D eigenvalue weighted by Gasteiger charge is 2.00. The van der Waals surface area contributed by atoms with Gasteiger partial charge in [0.2, 0.25) is 0 Å². The lowest BCUT2D eigenvalue weighted by atomic mass is 10.4. The maximum atomic E-state index is 11.0. The third-order valence-corrected chi connectivity index (χ3v) is 1.63. The van der Waals surface area contributed by atoms with Crippen LogP contribution in [0.2, 0.25) is 0 Å². The maximum Gasteiger partial charge on any atom is 0.319 e. The lowest BCUT2D eigenvalue weighted by molar-refractivity contribution is -0.142. The molecule has 0 spiro atoms. The smallest absolute Gasteiger partial charge is 0.319 e. The van der Waals surface area contributed by atoms with E-state index in [-0.39, 0.29) is 12.5 Å². The Morgan fingerprint density at radius 2 is 2.23 bits per heavy atom. The molecule has 13 heavy (non-hydrogen) atoms. The Kier molecular flexibility index (Phi) is 8.04. The van der Waals surface area contributed by atoms with Crippen molar-refractivity contribution in [3.63, 3.8) is 0 Å². The molecule has 0 aromatic heterocycles. The van der Waals surface area contributed by atoms with Crippen LogP contribution in [0.15, 0.2) is 11.1 Å². The Hall–Kier alpha value is -0.350. The molecule has 4 heteroatoms. The van der Waals surface area contributed by atoms with Gasteiger partial charge in [-0.25, -0.2) is 0 Å². The average molecular weight is 250 g/mol. The molecule has 1 N–H and O–H groups in total. The lowest BCUT2D eigenvalue weighted by Crippen LogP contribution is -2.25. The van der Waals surface area contributed by atoms with Gasteiger partial charge in [-0.2, -0.15) is 0 Å². The number of hydrogen-bond acceptors (Lipinski definition) is 3. The minimum Gasteiger partial charge on any atom is -0.465 e. The van der Waals surface area contributed by atoms with Gasteiger partial charge < -0.3 is 10.1 Å². The van der Waals surface area contributed by atoms with Gasteiger partial charge in [-0.1, -0.05) is 35.9 Å². The normalized spacial score (nSPS) is 9.69. The quantitative estimate of drug-likeness (QED) is 0.553. The van der Waals surface area contributed by atoms with Crippen LogP contribution < -0.4 is 5.32 Å². The molecule has 0 unspecified atom stereocenters. The second-order valence-electron chi connectivity index (χ2n) is 2.69. The Labute approximate surface area is 87.7 Å². The van der Waals surface area contributed by atoms with Crippen LogP contribution >= 0.6 is 15.9 Å². The third-order valence-electron chi connectivity index (χ3n) is 1.35. The molecule has 0 rings (SSSR count). The number of nitrogens with one attached hydrogen (secondary N) is 1. The van der Waals surface area contributed by atoms with E-state index in [9.17, 15) is 4.79 Å². The number of carbonyl (C=O) groups excluding carboxylic acids is 1. The molecule has 0 fully saturated rings. The predicted octanol–water partition coefficient (Wildman–Crippen LogP) is 1.83. The fraction of sp³-hybridized carbons (Fsp3) is 0.667. The largest absolute Gasteiger partial charge is 0.465 e. The molecule has 0 aliphatic carbocycles. The van der Waals surface area contributed by atoms with Crippen LogP contribution in [0.25, 0.3) is 0 Å². The highest BCUT2D eigenvalue weighted by Crippen LogP contribution is 1.96. The average Bonchev–Trinajstić information content (AvgIpc) is 2.04. The third kappa shape index (κ3) is 9.56. The monoisotopic (exact) mass is 249 g/mol. The molecule has 0 saturated carbocycles. The molecule has 0 radical (unpaired) electrons. The molecular weight excluding hydrogens is 234 g/mol. The van der Waals surface area contributed by atoms with Crippen LogP contribution in [-0.4, -0.2) is 25.7 Å². The van der Waals surface area contributed by atoms with E-state index < -0.39 is 0 Å². The molecule has 0 aromatic rings. The van der Waals surface area contributed by atoms with Crippen molar-refractivity contribution in [1.82, 2.24) is 5.32 Å². The number of unbranched alkanes of at least 4 members (excludes halogenated alkanes) is 1. The predicted molar refractivity (Wildman–Crippen MR) is 56.8 cm³/mol. The minimum atomic E-state index is -0.206. The molecule has 76 valence electrons. The zero-order valence-corrected chi connectivity index (χ0v) is 9.52. The second-order valence-corrected chi connectivity index (χ2v) is 3.82. The van der Waals surface area contributed by atoms with Crippen LogP contribution in [0.1, 0.15) is 19.8 Å². The number of rotatable bonds is 7. The number of ether oxygens (including phenoxy) is 1. The topological polar surface area (TPSA) is 38.3 Å². The van der Waals surface area contributed by atoms with E-state index in [1.807, 2.05) is 0 Å². The van der Waals surface area contributed by atoms with Crippen molar-refractivity contribution in [2.24, 2.45) is 0 Å². The Morgan fingerprint density at radius 3 is 2.77 bits per heavy atom. The number of esters is 1. The van der Waals surface area contributed by atoms with Crippen LogP contribution in [0.4, 0.5) is 0 Å². The number of hydrogen-bond donors (Lipinski definition) is 1. The summed E-state index contributed by atoms with van der Waals surface area (Å²) < 4.78 is 5.75. The van der Waals surface area contributed by atoms with Gasteiger partial charge in [0, 0.05) is 11.0 Å². The van der Waals surface area contributed by atoms with Gasteiger partial charge in [-0.3, -0.25) is 4.79 Å². The molecule has 3 nitrogen and oxygen atoms in total. The summed E-state index contributed by atoms with van der Waals surface area (Å²) in [6.07, 6.45) is 1.97. The number of carbonyl (C=O) groups is 1. The van der Waals surface area contributed by atoms with Crippen LogP contribution in [0, 0.1) is 0 Å². The van der Waals surface area contributed by atoms with Crippen molar-refractivity contribution in [2.45, 2.75) is 19.8 Å². The highest BCUT2D eigenvalue weighted by molar-refractivity contribution is 9.11. The van der Waals surface area contributed by atoms with E-state index >= 15 is 0 Å². The Bertz CT molecular complexity index is 171. The summed E-state index contributed by atoms with van der Waals surface area (Å²) in [4.78, 5) is 11.0. The molecule has 0 heterocycles. The molecule has 0 atom stereocenters. The first kappa shape index (κ1) is 12.7. The van der Waals surface area contributed by atoms with E-state index in [0.717, 1.165) is 17.3 Å². The standard InChI is InChI=1S/C9H16BrNO2/c1-3-4-5-13-9(12)7-11-6-8(2)10/h11H,2-7H2,1H3. The van der Waals surface area contributed by atoms with Gasteiger partial charge in [-0.15, -0.1) is 0 Å². The summed E-state index contributed by atoms with van der Waals surface area (Å²) in [5, 5.41) is 2.89. The van der Waals surface area contributed by atoms with Gasteiger partial charge in [0.1, 0.15) is 0 Å². The van der Waals surface area contributed by atoms with Crippen molar-refractivity contribution in [2.75, 3.05) is 19.7 Å². The van der Waals surface area contributed by atoms with Crippen molar-refractivity contribution in [3.05, 3.63) is 11.1 Å². The van der Waals surface area contributed by atoms with Crippen LogP contribution in [0.3, 0.4) is 0 Å². The van der Waals surface area contributed by atoms with Gasteiger partial charge in [0.25, 0.3) is 0 Å². The maximum absolute atomic E-state index is 11.0. The highest BCUT2D eigenvalue weighted by atomic mass is 79.9. The first-order chi connectivity index (χ1) is 6.16. The van der Waals surface area contributed by atoms with Crippen molar-refractivity contribution in [1.29, 1.82) is 0 Å². The molecule has 0 aromatic carbocycles. The van der Waals surface area contributed by atoms with E-state index in [4.69, 9.17) is 4.74 Å². The second kappa shape index (κ2) is 8.26. The lowest BCUT2D eigenvalue weighted by Gasteiger charge is -2.04. The van der Waals surface area contributed by atoms with Crippen LogP contribution in [-0.2, 0) is 9.53 Å². The van der Waals surface area contributed by atoms with Gasteiger partial charge in [0.15, 0.2) is 0 Å². The van der Waals surface area contributed by atoms with E-state index in [0.29, 0.717) is 13.2 Å². The van der Waals surface area contributed by atoms with E-state index in [1.54, 1.807) is 0 Å². The minimum absolute atomic E-state index is 0.206. The van der Waals surface area contributed by atoms with Crippen molar-refractivity contribution < 1.29 is 9.53 Å². The zero-order chi connectivity index (χ0) is 10.1. The number of halogens is 1. The summed E-state index contributed by atoms with van der Waals surface area (Å²) in [6.45, 7) is 7.04. The molecule has 0 saturated heterocycles. The first-order valence-electron chi connectivity index (χ1n) is 4.36. The fourth-order valence-corrected chi connectivity index (χ4v) is 0.880.